The molecule has 2 N–H and O–H groups in total. The van der Waals surface area contributed by atoms with E-state index in [1.165, 1.54) is 25.0 Å². The van der Waals surface area contributed by atoms with Gasteiger partial charge in [0.25, 0.3) is 20.2 Å². The van der Waals surface area contributed by atoms with Crippen LogP contribution in [0, 0.1) is 11.8 Å². The molecule has 0 amide bonds. The van der Waals surface area contributed by atoms with Crippen LogP contribution in [-0.2, 0) is 33.1 Å². The van der Waals surface area contributed by atoms with E-state index in [4.69, 9.17) is 0 Å². The fraction of sp³-hybridized carbons (Fsp3) is 0.643. The number of hydrogen-bond donors (Lipinski definition) is 2. The molecule has 0 radical (unpaired) electrons. The van der Waals surface area contributed by atoms with Crippen molar-refractivity contribution in [2.75, 3.05) is 0 Å². The lowest BCUT2D eigenvalue weighted by Crippen LogP contribution is -2.08. The topological polar surface area (TPSA) is 109 Å². The van der Waals surface area contributed by atoms with Gasteiger partial charge >= 0.3 is 0 Å². The van der Waals surface area contributed by atoms with Crippen LogP contribution < -0.4 is 0 Å². The van der Waals surface area contributed by atoms with Gasteiger partial charge in [-0.25, -0.2) is 0 Å². The molecule has 0 spiro atoms. The number of hydrogen-bond acceptors (Lipinski definition) is 4. The summed E-state index contributed by atoms with van der Waals surface area (Å²) in [5.74, 6) is 0.520. The minimum Gasteiger partial charge on any atom is -0.282 e. The Bertz CT molecular complexity index is 1110. The molecule has 0 saturated carbocycles. The van der Waals surface area contributed by atoms with Gasteiger partial charge in [0.15, 0.2) is 0 Å². The third-order valence-electron chi connectivity index (χ3n) is 6.94. The van der Waals surface area contributed by atoms with Crippen LogP contribution in [-0.4, -0.2) is 25.9 Å². The second-order valence-corrected chi connectivity index (χ2v) is 13.3. The van der Waals surface area contributed by atoms with Crippen molar-refractivity contribution in [1.29, 1.82) is 0 Å². The largest absolute Gasteiger partial charge is 0.295 e. The molecule has 0 bridgehead atoms. The summed E-state index contributed by atoms with van der Waals surface area (Å²) in [6, 6.07) is 6.19. The van der Waals surface area contributed by atoms with Gasteiger partial charge in [0.05, 0.1) is 0 Å². The Labute approximate surface area is 218 Å². The zero-order valence-corrected chi connectivity index (χ0v) is 23.9. The van der Waals surface area contributed by atoms with Gasteiger partial charge in [0, 0.05) is 10.8 Å². The van der Waals surface area contributed by atoms with Crippen LogP contribution in [0.25, 0.3) is 10.8 Å². The molecule has 2 aromatic carbocycles. The molecule has 0 aliphatic heterocycles. The summed E-state index contributed by atoms with van der Waals surface area (Å²) in [4.78, 5) is -0.619. The van der Waals surface area contributed by atoms with Gasteiger partial charge in [-0.15, -0.1) is 0 Å². The standard InChI is InChI=1S/C28H44O6S2/c1-5-7-9-11-13-21(3)15-23-17-25-26(27(19-23)35(29,30)31)18-24(20-28(25)36(32,33)34)16-22(4)14-12-10-8-6-2/h17-22H,5-16H2,1-4H3,(H,29,30,31)(H,32,33,34). The predicted octanol–water partition coefficient (Wildman–Crippen LogP) is 7.63. The molecule has 2 rings (SSSR count). The fourth-order valence-corrected chi connectivity index (χ4v) is 6.51. The van der Waals surface area contributed by atoms with Crippen LogP contribution in [0.15, 0.2) is 34.1 Å². The van der Waals surface area contributed by atoms with E-state index in [1.54, 1.807) is 12.1 Å². The lowest BCUT2D eigenvalue weighted by Gasteiger charge is -2.17. The molecule has 0 aliphatic rings. The van der Waals surface area contributed by atoms with Crippen molar-refractivity contribution in [3.8, 4) is 0 Å². The number of unbranched alkanes of at least 4 members (excludes halogenated alkanes) is 6. The smallest absolute Gasteiger partial charge is 0.282 e. The fourth-order valence-electron chi connectivity index (χ4n) is 5.02. The first-order valence-electron chi connectivity index (χ1n) is 13.4. The van der Waals surface area contributed by atoms with Crippen LogP contribution in [0.5, 0.6) is 0 Å². The Morgan fingerprint density at radius 2 is 0.972 bits per heavy atom. The summed E-state index contributed by atoms with van der Waals surface area (Å²) in [5, 5.41) is 0.250. The maximum atomic E-state index is 12.4. The SMILES string of the molecule is CCCCCCC(C)Cc1cc(S(=O)(=O)O)c2cc(CC(C)CCCCCC)cc(S(=O)(=O)O)c2c1. The molecule has 0 saturated heterocycles. The van der Waals surface area contributed by atoms with Crippen LogP contribution in [0.1, 0.15) is 103 Å². The third kappa shape index (κ3) is 9.43. The molecule has 204 valence electrons. The quantitative estimate of drug-likeness (QED) is 0.167. The second-order valence-electron chi connectivity index (χ2n) is 10.6. The monoisotopic (exact) mass is 540 g/mol. The third-order valence-corrected chi connectivity index (χ3v) is 8.73. The molecule has 2 aromatic rings. The zero-order valence-electron chi connectivity index (χ0n) is 22.3. The Hall–Kier alpha value is -1.48. The molecule has 8 heteroatoms. The van der Waals surface area contributed by atoms with E-state index in [0.717, 1.165) is 51.4 Å². The Morgan fingerprint density at radius 3 is 1.28 bits per heavy atom. The molecular weight excluding hydrogens is 496 g/mol. The molecule has 0 aromatic heterocycles. The molecule has 2 atom stereocenters. The van der Waals surface area contributed by atoms with Crippen molar-refractivity contribution in [2.24, 2.45) is 11.8 Å². The van der Waals surface area contributed by atoms with Gasteiger partial charge in [-0.05, 0) is 60.1 Å². The average Bonchev–Trinajstić information content (AvgIpc) is 2.77. The highest BCUT2D eigenvalue weighted by Crippen LogP contribution is 2.34. The Balaban J connectivity index is 2.49. The maximum Gasteiger partial charge on any atom is 0.295 e. The van der Waals surface area contributed by atoms with E-state index in [2.05, 4.69) is 27.7 Å². The first-order valence-corrected chi connectivity index (χ1v) is 16.3. The van der Waals surface area contributed by atoms with Gasteiger partial charge in [-0.3, -0.25) is 9.11 Å². The van der Waals surface area contributed by atoms with Crippen LogP contribution in [0.2, 0.25) is 0 Å². The molecule has 0 aliphatic carbocycles. The van der Waals surface area contributed by atoms with Gasteiger partial charge in [0.2, 0.25) is 0 Å². The average molecular weight is 541 g/mol. The van der Waals surface area contributed by atoms with Crippen molar-refractivity contribution in [1.82, 2.24) is 0 Å². The van der Waals surface area contributed by atoms with E-state index < -0.39 is 20.2 Å². The number of rotatable bonds is 16. The normalized spacial score (nSPS) is 14.3. The van der Waals surface area contributed by atoms with Gasteiger partial charge in [-0.1, -0.05) is 91.9 Å². The lowest BCUT2D eigenvalue weighted by molar-refractivity contribution is 0.478. The maximum absolute atomic E-state index is 12.4. The van der Waals surface area contributed by atoms with E-state index in [-0.39, 0.29) is 32.4 Å². The van der Waals surface area contributed by atoms with Crippen molar-refractivity contribution < 1.29 is 25.9 Å². The van der Waals surface area contributed by atoms with Crippen molar-refractivity contribution in [3.05, 3.63) is 35.4 Å². The molecule has 6 nitrogen and oxygen atoms in total. The number of fused-ring (bicyclic) bond motifs is 1. The highest BCUT2D eigenvalue weighted by Gasteiger charge is 2.23. The first-order chi connectivity index (χ1) is 16.9. The lowest BCUT2D eigenvalue weighted by atomic mass is 9.92. The van der Waals surface area contributed by atoms with Crippen molar-refractivity contribution in [2.45, 2.75) is 115 Å². The highest BCUT2D eigenvalue weighted by molar-refractivity contribution is 7.86. The summed E-state index contributed by atoms with van der Waals surface area (Å²) in [5.41, 5.74) is 1.25. The molecule has 0 heterocycles. The van der Waals surface area contributed by atoms with Crippen molar-refractivity contribution >= 4 is 31.0 Å². The van der Waals surface area contributed by atoms with E-state index >= 15 is 0 Å². The Kier molecular flexibility index (Phi) is 11.9. The Morgan fingerprint density at radius 1 is 0.611 bits per heavy atom. The van der Waals surface area contributed by atoms with E-state index in [1.807, 2.05) is 0 Å². The predicted molar refractivity (Wildman–Crippen MR) is 147 cm³/mol. The first kappa shape index (κ1) is 30.7. The van der Waals surface area contributed by atoms with Gasteiger partial charge in [-0.2, -0.15) is 16.8 Å². The zero-order chi connectivity index (χ0) is 26.9. The summed E-state index contributed by atoms with van der Waals surface area (Å²) < 4.78 is 69.6. The summed E-state index contributed by atoms with van der Waals surface area (Å²) in [6.45, 7) is 8.47. The van der Waals surface area contributed by atoms with Crippen LogP contribution in [0.4, 0.5) is 0 Å². The molecule has 0 fully saturated rings. The van der Waals surface area contributed by atoms with Crippen molar-refractivity contribution in [3.63, 3.8) is 0 Å². The summed E-state index contributed by atoms with van der Waals surface area (Å²) in [7, 11) is -9.23. The minimum absolute atomic E-state index is 0.125. The van der Waals surface area contributed by atoms with Gasteiger partial charge < -0.3 is 0 Å². The number of benzene rings is 2. The van der Waals surface area contributed by atoms with Gasteiger partial charge in [0.1, 0.15) is 9.79 Å². The second kappa shape index (κ2) is 13.9. The molecule has 2 unspecified atom stereocenters. The molecular formula is C28H44O6S2. The minimum atomic E-state index is -4.62. The molecule has 36 heavy (non-hydrogen) atoms. The summed E-state index contributed by atoms with van der Waals surface area (Å²) >= 11 is 0. The van der Waals surface area contributed by atoms with E-state index in [0.29, 0.717) is 24.0 Å². The van der Waals surface area contributed by atoms with E-state index in [9.17, 15) is 25.9 Å². The van der Waals surface area contributed by atoms with Crippen LogP contribution >= 0.6 is 0 Å². The summed E-state index contributed by atoms with van der Waals surface area (Å²) in [6.07, 6.45) is 12.1. The van der Waals surface area contributed by atoms with Crippen LogP contribution in [0.3, 0.4) is 0 Å². The highest BCUT2D eigenvalue weighted by atomic mass is 32.2.